The van der Waals surface area contributed by atoms with E-state index in [2.05, 4.69) is 20.7 Å². The van der Waals surface area contributed by atoms with Crippen molar-refractivity contribution in [2.75, 3.05) is 25.0 Å². The lowest BCUT2D eigenvalue weighted by Gasteiger charge is -2.51. The van der Waals surface area contributed by atoms with Gasteiger partial charge in [-0.05, 0) is 12.1 Å². The maximum atomic E-state index is 13.7. The van der Waals surface area contributed by atoms with Gasteiger partial charge in [-0.15, -0.1) is 5.43 Å². The minimum atomic E-state index is -2.02. The second kappa shape index (κ2) is 8.66. The van der Waals surface area contributed by atoms with Gasteiger partial charge in [-0.3, -0.25) is 9.78 Å². The van der Waals surface area contributed by atoms with Gasteiger partial charge in [0.1, 0.15) is 11.5 Å². The summed E-state index contributed by atoms with van der Waals surface area (Å²) in [4.78, 5) is 34.5. The average Bonchev–Trinajstić information content (AvgIpc) is 2.90. The summed E-state index contributed by atoms with van der Waals surface area (Å²) in [5.74, 6) is 0.294. The smallest absolute Gasteiger partial charge is 0.349 e. The standard InChI is InChI=1S/C26H25N5O5/c32-23(29-22-15-27-11-12-28-22)16-31-13-9-17(10-14-31)24(30-31)36-25(33)26(34)18-5-1-3-7-20(18)35-21-8-4-2-6-19(21)26/h1-8,11-12,15,17,24,30,34H,9-10,13-14,16H2/p+1/t17?,24-,31?/m1/s1. The fourth-order valence-electron chi connectivity index (χ4n) is 5.43. The Hall–Kier alpha value is -3.86. The Balaban J connectivity index is 1.23. The van der Waals surface area contributed by atoms with Crippen LogP contribution in [-0.2, 0) is 19.9 Å². The molecule has 3 N–H and O–H groups in total. The number of aromatic nitrogens is 2. The van der Waals surface area contributed by atoms with Gasteiger partial charge in [0.05, 0.1) is 19.3 Å². The molecule has 0 saturated carbocycles. The van der Waals surface area contributed by atoms with Crippen LogP contribution in [0.2, 0.25) is 0 Å². The predicted molar refractivity (Wildman–Crippen MR) is 127 cm³/mol. The molecule has 4 aliphatic heterocycles. The summed E-state index contributed by atoms with van der Waals surface area (Å²) in [5.41, 5.74) is 2.02. The first-order valence-corrected chi connectivity index (χ1v) is 12.0. The van der Waals surface area contributed by atoms with Crippen molar-refractivity contribution in [3.8, 4) is 11.5 Å². The van der Waals surface area contributed by atoms with Gasteiger partial charge in [0.2, 0.25) is 5.60 Å². The van der Waals surface area contributed by atoms with E-state index in [4.69, 9.17) is 9.47 Å². The van der Waals surface area contributed by atoms with Crippen LogP contribution in [-0.4, -0.2) is 57.4 Å². The number of esters is 1. The number of para-hydroxylation sites is 2. The maximum Gasteiger partial charge on any atom is 0.349 e. The molecular weight excluding hydrogens is 462 g/mol. The number of nitrogens with zero attached hydrogens (tertiary/aromatic N) is 3. The van der Waals surface area contributed by atoms with Gasteiger partial charge in [-0.1, -0.05) is 36.4 Å². The quantitative estimate of drug-likeness (QED) is 0.369. The molecule has 36 heavy (non-hydrogen) atoms. The molecule has 7 rings (SSSR count). The number of nitrogens with one attached hydrogen (secondary N) is 2. The first-order valence-electron chi connectivity index (χ1n) is 12.0. The molecule has 3 fully saturated rings. The van der Waals surface area contributed by atoms with Crippen LogP contribution in [0.25, 0.3) is 0 Å². The van der Waals surface area contributed by atoms with E-state index in [9.17, 15) is 14.7 Å². The van der Waals surface area contributed by atoms with Gasteiger partial charge in [0, 0.05) is 42.3 Å². The molecule has 1 aromatic heterocycles. The number of benzene rings is 2. The first kappa shape index (κ1) is 22.6. The van der Waals surface area contributed by atoms with Crippen LogP contribution in [0, 0.1) is 5.92 Å². The number of aliphatic hydroxyl groups is 1. The zero-order valence-electron chi connectivity index (χ0n) is 19.5. The van der Waals surface area contributed by atoms with Crippen LogP contribution in [0.5, 0.6) is 11.5 Å². The second-order valence-corrected chi connectivity index (χ2v) is 9.49. The predicted octanol–water partition coefficient (Wildman–Crippen LogP) is 2.07. The van der Waals surface area contributed by atoms with Crippen LogP contribution < -0.4 is 15.5 Å². The van der Waals surface area contributed by atoms with Gasteiger partial charge in [0.25, 0.3) is 5.91 Å². The molecule has 0 unspecified atom stereocenters. The number of rotatable bonds is 5. The lowest BCUT2D eigenvalue weighted by Crippen LogP contribution is -2.73. The second-order valence-electron chi connectivity index (χ2n) is 9.49. The summed E-state index contributed by atoms with van der Waals surface area (Å²) in [6.07, 6.45) is 5.48. The van der Waals surface area contributed by atoms with Gasteiger partial charge >= 0.3 is 5.97 Å². The van der Waals surface area contributed by atoms with Crippen LogP contribution in [0.1, 0.15) is 24.0 Å². The molecule has 0 spiro atoms. The van der Waals surface area contributed by atoms with Crippen molar-refractivity contribution >= 4 is 17.7 Å². The number of hydrogen-bond acceptors (Lipinski definition) is 8. The van der Waals surface area contributed by atoms with E-state index in [1.807, 2.05) is 0 Å². The minimum absolute atomic E-state index is 0.0888. The van der Waals surface area contributed by atoms with E-state index in [0.717, 1.165) is 25.9 Å². The van der Waals surface area contributed by atoms with E-state index >= 15 is 0 Å². The molecule has 0 radical (unpaired) electrons. The third-order valence-corrected chi connectivity index (χ3v) is 7.27. The minimum Gasteiger partial charge on any atom is -0.457 e. The Morgan fingerprint density at radius 3 is 2.39 bits per heavy atom. The Bertz CT molecular complexity index is 1260. The topological polar surface area (TPSA) is 123 Å². The van der Waals surface area contributed by atoms with Gasteiger partial charge in [-0.25, -0.2) is 14.4 Å². The largest absolute Gasteiger partial charge is 0.457 e. The fourth-order valence-corrected chi connectivity index (χ4v) is 5.43. The maximum absolute atomic E-state index is 13.7. The van der Waals surface area contributed by atoms with E-state index < -0.39 is 17.8 Å². The number of ether oxygens (including phenoxy) is 2. The molecule has 1 atom stereocenters. The van der Waals surface area contributed by atoms with Crippen molar-refractivity contribution in [2.24, 2.45) is 5.92 Å². The SMILES string of the molecule is O=C(C[N+]12CCC(CC1)[C@@H](OC(=O)C1(O)c3ccccc3Oc3ccccc31)N2)Nc1cnccn1. The number of carbonyl (C=O) groups is 2. The molecule has 2 bridgehead atoms. The lowest BCUT2D eigenvalue weighted by atomic mass is 9.83. The fraction of sp³-hybridized carbons (Fsp3) is 0.308. The summed E-state index contributed by atoms with van der Waals surface area (Å²) >= 11 is 0. The Morgan fingerprint density at radius 1 is 1.08 bits per heavy atom. The van der Waals surface area contributed by atoms with Crippen molar-refractivity contribution in [1.82, 2.24) is 15.4 Å². The number of hydrogen-bond donors (Lipinski definition) is 3. The number of quaternary nitrogens is 1. The molecular formula is C26H26N5O5+. The molecule has 0 aliphatic carbocycles. The van der Waals surface area contributed by atoms with Crippen molar-refractivity contribution in [2.45, 2.75) is 24.7 Å². The molecule has 184 valence electrons. The summed E-state index contributed by atoms with van der Waals surface area (Å²) in [6, 6.07) is 13.8. The lowest BCUT2D eigenvalue weighted by molar-refractivity contribution is -0.983. The van der Waals surface area contributed by atoms with E-state index in [-0.39, 0.29) is 23.0 Å². The third-order valence-electron chi connectivity index (χ3n) is 7.27. The van der Waals surface area contributed by atoms with E-state index in [1.54, 1.807) is 48.5 Å². The van der Waals surface area contributed by atoms with Gasteiger partial charge in [-0.2, -0.15) is 0 Å². The number of amides is 1. The zero-order valence-corrected chi connectivity index (χ0v) is 19.5. The van der Waals surface area contributed by atoms with E-state index in [0.29, 0.717) is 28.4 Å². The number of carbonyl (C=O) groups excluding carboxylic acids is 2. The third kappa shape index (κ3) is 3.79. The van der Waals surface area contributed by atoms with Crippen molar-refractivity contribution in [1.29, 1.82) is 0 Å². The summed E-state index contributed by atoms with van der Waals surface area (Å²) < 4.78 is 12.2. The Morgan fingerprint density at radius 2 is 1.75 bits per heavy atom. The van der Waals surface area contributed by atoms with Crippen molar-refractivity contribution < 1.29 is 28.8 Å². The Labute approximate surface area is 207 Å². The number of anilines is 1. The molecule has 2 aromatic carbocycles. The molecule has 10 heteroatoms. The number of fused-ring (bicyclic) bond motifs is 5. The summed E-state index contributed by atoms with van der Waals surface area (Å²) in [5, 5.41) is 14.6. The van der Waals surface area contributed by atoms with Crippen molar-refractivity contribution in [3.63, 3.8) is 0 Å². The highest BCUT2D eigenvalue weighted by atomic mass is 16.6. The zero-order chi connectivity index (χ0) is 24.8. The monoisotopic (exact) mass is 488 g/mol. The molecule has 3 saturated heterocycles. The normalized spacial score (nSPS) is 25.1. The van der Waals surface area contributed by atoms with Gasteiger partial charge < -0.3 is 19.9 Å². The number of piperidine rings is 1. The molecule has 4 aliphatic rings. The molecule has 3 aromatic rings. The molecule has 1 amide bonds. The van der Waals surface area contributed by atoms with Crippen molar-refractivity contribution in [3.05, 3.63) is 78.2 Å². The summed E-state index contributed by atoms with van der Waals surface area (Å²) in [7, 11) is 0. The highest BCUT2D eigenvalue weighted by molar-refractivity contribution is 5.90. The van der Waals surface area contributed by atoms with Crippen LogP contribution in [0.15, 0.2) is 67.1 Å². The molecule has 5 heterocycles. The van der Waals surface area contributed by atoms with Crippen LogP contribution >= 0.6 is 0 Å². The average molecular weight is 489 g/mol. The first-order chi connectivity index (χ1) is 17.5. The molecule has 10 nitrogen and oxygen atoms in total. The highest BCUT2D eigenvalue weighted by Gasteiger charge is 2.53. The van der Waals surface area contributed by atoms with Crippen LogP contribution in [0.3, 0.4) is 0 Å². The van der Waals surface area contributed by atoms with E-state index in [1.165, 1.54) is 18.6 Å². The van der Waals surface area contributed by atoms with Crippen LogP contribution in [0.4, 0.5) is 5.82 Å². The highest BCUT2D eigenvalue weighted by Crippen LogP contribution is 2.47. The van der Waals surface area contributed by atoms with Gasteiger partial charge in [0.15, 0.2) is 18.6 Å². The summed E-state index contributed by atoms with van der Waals surface area (Å²) in [6.45, 7) is 1.62. The Kier molecular flexibility index (Phi) is 5.44.